The number of fused-ring (bicyclic) bond motifs is 1. The maximum atomic E-state index is 12.9. The summed E-state index contributed by atoms with van der Waals surface area (Å²) in [6.45, 7) is 5.95. The molecule has 5 nitrogen and oxygen atoms in total. The molecule has 0 spiro atoms. The van der Waals surface area contributed by atoms with E-state index in [9.17, 15) is 4.79 Å². The standard InChI is InChI=1S/C19H21BrN2O3/c1-19(2,3)25-18(23)22-15(9-13-7-5-4-6-8-13)12-24-17-16(22)10-14(20)11-21-17/h4-8,10-11,15H,9,12H2,1-3H3. The van der Waals surface area contributed by atoms with Crippen LogP contribution in [0.5, 0.6) is 5.88 Å². The van der Waals surface area contributed by atoms with Gasteiger partial charge in [0.15, 0.2) is 0 Å². The SMILES string of the molecule is CC(C)(C)OC(=O)N1c2cc(Br)cnc2OCC1Cc1ccccc1. The highest BCUT2D eigenvalue weighted by molar-refractivity contribution is 9.10. The molecule has 25 heavy (non-hydrogen) atoms. The summed E-state index contributed by atoms with van der Waals surface area (Å²) in [5.41, 5.74) is 1.18. The van der Waals surface area contributed by atoms with Crippen LogP contribution in [0.25, 0.3) is 0 Å². The molecule has 1 aromatic carbocycles. The number of nitrogens with zero attached hydrogens (tertiary/aromatic N) is 2. The maximum Gasteiger partial charge on any atom is 0.415 e. The lowest BCUT2D eigenvalue weighted by Crippen LogP contribution is -2.50. The third kappa shape index (κ3) is 4.31. The van der Waals surface area contributed by atoms with Crippen molar-refractivity contribution in [1.82, 2.24) is 4.98 Å². The average Bonchev–Trinajstić information content (AvgIpc) is 2.53. The molecule has 2 aromatic rings. The molecule has 0 radical (unpaired) electrons. The molecule has 0 saturated carbocycles. The first-order chi connectivity index (χ1) is 11.8. The molecule has 0 fully saturated rings. The van der Waals surface area contributed by atoms with Crippen LogP contribution in [0.2, 0.25) is 0 Å². The first kappa shape index (κ1) is 17.7. The lowest BCUT2D eigenvalue weighted by Gasteiger charge is -2.37. The van der Waals surface area contributed by atoms with Gasteiger partial charge in [-0.25, -0.2) is 9.78 Å². The highest BCUT2D eigenvalue weighted by Gasteiger charge is 2.36. The number of carbonyl (C=O) groups is 1. The van der Waals surface area contributed by atoms with Crippen LogP contribution in [-0.2, 0) is 11.2 Å². The molecular formula is C19H21BrN2O3. The number of amides is 1. The van der Waals surface area contributed by atoms with E-state index in [1.54, 1.807) is 11.1 Å². The Balaban J connectivity index is 1.95. The van der Waals surface area contributed by atoms with E-state index in [4.69, 9.17) is 9.47 Å². The zero-order chi connectivity index (χ0) is 18.0. The predicted molar refractivity (Wildman–Crippen MR) is 100 cm³/mol. The number of carbonyl (C=O) groups excluding carboxylic acids is 1. The fraction of sp³-hybridized carbons (Fsp3) is 0.368. The highest BCUT2D eigenvalue weighted by Crippen LogP contribution is 2.36. The molecule has 0 bridgehead atoms. The van der Waals surface area contributed by atoms with E-state index in [2.05, 4.69) is 20.9 Å². The van der Waals surface area contributed by atoms with Crippen molar-refractivity contribution in [1.29, 1.82) is 0 Å². The topological polar surface area (TPSA) is 51.7 Å². The molecule has 1 amide bonds. The molecule has 0 aliphatic carbocycles. The van der Waals surface area contributed by atoms with Crippen LogP contribution in [-0.4, -0.2) is 29.3 Å². The minimum Gasteiger partial charge on any atom is -0.474 e. The summed E-state index contributed by atoms with van der Waals surface area (Å²) in [5, 5.41) is 0. The van der Waals surface area contributed by atoms with E-state index in [0.29, 0.717) is 24.6 Å². The van der Waals surface area contributed by atoms with E-state index in [1.165, 1.54) is 0 Å². The van der Waals surface area contributed by atoms with Gasteiger partial charge in [0, 0.05) is 10.7 Å². The molecule has 1 aliphatic rings. The molecule has 0 saturated heterocycles. The van der Waals surface area contributed by atoms with Crippen LogP contribution < -0.4 is 9.64 Å². The summed E-state index contributed by atoms with van der Waals surface area (Å²) in [6.07, 6.45) is 1.94. The molecule has 6 heteroatoms. The highest BCUT2D eigenvalue weighted by atomic mass is 79.9. The Kier molecular flexibility index (Phi) is 4.99. The molecule has 1 atom stereocenters. The summed E-state index contributed by atoms with van der Waals surface area (Å²) in [6, 6.07) is 11.7. The number of anilines is 1. The zero-order valence-electron chi connectivity index (χ0n) is 14.5. The van der Waals surface area contributed by atoms with Crippen molar-refractivity contribution in [3.63, 3.8) is 0 Å². The second-order valence-electron chi connectivity index (χ2n) is 6.98. The summed E-state index contributed by atoms with van der Waals surface area (Å²) < 4.78 is 12.2. The quantitative estimate of drug-likeness (QED) is 0.734. The largest absolute Gasteiger partial charge is 0.474 e. The Bertz CT molecular complexity index is 759. The zero-order valence-corrected chi connectivity index (χ0v) is 16.1. The smallest absolute Gasteiger partial charge is 0.415 e. The fourth-order valence-corrected chi connectivity index (χ4v) is 3.06. The van der Waals surface area contributed by atoms with Crippen molar-refractivity contribution in [2.24, 2.45) is 0 Å². The van der Waals surface area contributed by atoms with Crippen molar-refractivity contribution in [2.75, 3.05) is 11.5 Å². The lowest BCUT2D eigenvalue weighted by molar-refractivity contribution is 0.0541. The number of hydrogen-bond donors (Lipinski definition) is 0. The van der Waals surface area contributed by atoms with E-state index < -0.39 is 11.7 Å². The number of pyridine rings is 1. The van der Waals surface area contributed by atoms with Crippen molar-refractivity contribution < 1.29 is 14.3 Å². The first-order valence-corrected chi connectivity index (χ1v) is 8.97. The number of ether oxygens (including phenoxy) is 2. The number of rotatable bonds is 2. The van der Waals surface area contributed by atoms with Gasteiger partial charge in [0.2, 0.25) is 5.88 Å². The van der Waals surface area contributed by atoms with Crippen molar-refractivity contribution in [3.8, 4) is 5.88 Å². The second-order valence-corrected chi connectivity index (χ2v) is 7.90. The van der Waals surface area contributed by atoms with Gasteiger partial charge in [-0.1, -0.05) is 30.3 Å². The van der Waals surface area contributed by atoms with Crippen LogP contribution in [0.15, 0.2) is 47.1 Å². The first-order valence-electron chi connectivity index (χ1n) is 8.18. The third-order valence-corrected chi connectivity index (χ3v) is 4.17. The Labute approximate surface area is 156 Å². The minimum atomic E-state index is -0.577. The number of halogens is 1. The van der Waals surface area contributed by atoms with Gasteiger partial charge in [-0.05, 0) is 54.8 Å². The molecule has 2 heterocycles. The Hall–Kier alpha value is -2.08. The van der Waals surface area contributed by atoms with E-state index in [0.717, 1.165) is 10.0 Å². The van der Waals surface area contributed by atoms with Gasteiger partial charge >= 0.3 is 6.09 Å². The molecule has 1 aliphatic heterocycles. The van der Waals surface area contributed by atoms with E-state index in [1.807, 2.05) is 57.2 Å². The van der Waals surface area contributed by atoms with Crippen LogP contribution in [0.4, 0.5) is 10.5 Å². The van der Waals surface area contributed by atoms with Gasteiger partial charge in [-0.2, -0.15) is 0 Å². The fourth-order valence-electron chi connectivity index (χ4n) is 2.74. The van der Waals surface area contributed by atoms with Crippen molar-refractivity contribution in [2.45, 2.75) is 38.8 Å². The third-order valence-electron chi connectivity index (χ3n) is 3.74. The van der Waals surface area contributed by atoms with Gasteiger partial charge < -0.3 is 9.47 Å². The maximum absolute atomic E-state index is 12.9. The predicted octanol–water partition coefficient (Wildman–Crippen LogP) is 4.59. The van der Waals surface area contributed by atoms with E-state index >= 15 is 0 Å². The van der Waals surface area contributed by atoms with Crippen LogP contribution in [0, 0.1) is 0 Å². The molecule has 3 rings (SSSR count). The van der Waals surface area contributed by atoms with Gasteiger partial charge in [0.25, 0.3) is 0 Å². The van der Waals surface area contributed by atoms with Gasteiger partial charge in [-0.15, -0.1) is 0 Å². The van der Waals surface area contributed by atoms with Gasteiger partial charge in [-0.3, -0.25) is 4.90 Å². The normalized spacial score (nSPS) is 16.8. The van der Waals surface area contributed by atoms with Gasteiger partial charge in [0.05, 0.1) is 6.04 Å². The Morgan fingerprint density at radius 1 is 1.36 bits per heavy atom. The monoisotopic (exact) mass is 404 g/mol. The summed E-state index contributed by atoms with van der Waals surface area (Å²) in [4.78, 5) is 18.8. The molecule has 1 aromatic heterocycles. The lowest BCUT2D eigenvalue weighted by atomic mass is 10.0. The summed E-state index contributed by atoms with van der Waals surface area (Å²) in [7, 11) is 0. The van der Waals surface area contributed by atoms with Crippen LogP contribution >= 0.6 is 15.9 Å². The molecule has 0 N–H and O–H groups in total. The number of hydrogen-bond acceptors (Lipinski definition) is 4. The Morgan fingerprint density at radius 2 is 2.08 bits per heavy atom. The molecule has 1 unspecified atom stereocenters. The van der Waals surface area contributed by atoms with Crippen molar-refractivity contribution in [3.05, 3.63) is 52.6 Å². The number of benzene rings is 1. The van der Waals surface area contributed by atoms with Gasteiger partial charge in [0.1, 0.15) is 17.9 Å². The van der Waals surface area contributed by atoms with Crippen molar-refractivity contribution >= 4 is 27.7 Å². The van der Waals surface area contributed by atoms with Crippen LogP contribution in [0.3, 0.4) is 0 Å². The van der Waals surface area contributed by atoms with Crippen LogP contribution in [0.1, 0.15) is 26.3 Å². The average molecular weight is 405 g/mol. The summed E-state index contributed by atoms with van der Waals surface area (Å²) >= 11 is 3.42. The molecule has 132 valence electrons. The Morgan fingerprint density at radius 3 is 2.76 bits per heavy atom. The second kappa shape index (κ2) is 7.04. The summed E-state index contributed by atoms with van der Waals surface area (Å²) in [5.74, 6) is 0.443. The number of aromatic nitrogens is 1. The van der Waals surface area contributed by atoms with E-state index in [-0.39, 0.29) is 6.04 Å². The minimum absolute atomic E-state index is 0.166. The molecular weight excluding hydrogens is 384 g/mol.